The van der Waals surface area contributed by atoms with E-state index in [9.17, 15) is 0 Å². The zero-order valence-electron chi connectivity index (χ0n) is 10.9. The standard InChI is InChI=1S/C14H25NO2/c1-15-13(11-2-3-11)12-4-7-17-14(10-12)5-8-16-9-6-14/h11-13,15H,2-10H2,1H3. The Kier molecular flexibility index (Phi) is 3.42. The van der Waals surface area contributed by atoms with Gasteiger partial charge in [-0.1, -0.05) is 0 Å². The van der Waals surface area contributed by atoms with Gasteiger partial charge >= 0.3 is 0 Å². The van der Waals surface area contributed by atoms with Gasteiger partial charge in [-0.05, 0) is 57.4 Å². The van der Waals surface area contributed by atoms with Crippen molar-refractivity contribution < 1.29 is 9.47 Å². The zero-order chi connectivity index (χ0) is 11.7. The van der Waals surface area contributed by atoms with Crippen LogP contribution in [-0.2, 0) is 9.47 Å². The first-order chi connectivity index (χ1) is 8.33. The van der Waals surface area contributed by atoms with E-state index in [0.29, 0.717) is 0 Å². The van der Waals surface area contributed by atoms with Gasteiger partial charge < -0.3 is 14.8 Å². The van der Waals surface area contributed by atoms with Crippen LogP contribution in [0.4, 0.5) is 0 Å². The summed E-state index contributed by atoms with van der Waals surface area (Å²) in [6.45, 7) is 2.73. The lowest BCUT2D eigenvalue weighted by Gasteiger charge is -2.45. The van der Waals surface area contributed by atoms with Gasteiger partial charge in [0.15, 0.2) is 0 Å². The van der Waals surface area contributed by atoms with Crippen molar-refractivity contribution in [2.45, 2.75) is 50.2 Å². The molecule has 1 N–H and O–H groups in total. The van der Waals surface area contributed by atoms with Crippen molar-refractivity contribution in [2.75, 3.05) is 26.9 Å². The van der Waals surface area contributed by atoms with Crippen molar-refractivity contribution in [3.05, 3.63) is 0 Å². The Morgan fingerprint density at radius 1 is 1.06 bits per heavy atom. The molecule has 98 valence electrons. The molecule has 1 saturated carbocycles. The lowest BCUT2D eigenvalue weighted by Crippen LogP contribution is -2.49. The van der Waals surface area contributed by atoms with Crippen LogP contribution in [0.15, 0.2) is 0 Å². The molecular formula is C14H25NO2. The van der Waals surface area contributed by atoms with Crippen LogP contribution >= 0.6 is 0 Å². The molecule has 3 heteroatoms. The first kappa shape index (κ1) is 11.9. The molecule has 3 aliphatic rings. The number of hydrogen-bond acceptors (Lipinski definition) is 3. The molecule has 0 bridgehead atoms. The van der Waals surface area contributed by atoms with Gasteiger partial charge in [-0.2, -0.15) is 0 Å². The van der Waals surface area contributed by atoms with Crippen molar-refractivity contribution in [1.29, 1.82) is 0 Å². The number of nitrogens with one attached hydrogen (secondary N) is 1. The molecule has 2 aliphatic heterocycles. The van der Waals surface area contributed by atoms with Crippen LogP contribution in [-0.4, -0.2) is 38.5 Å². The lowest BCUT2D eigenvalue weighted by atomic mass is 9.76. The van der Waals surface area contributed by atoms with E-state index in [1.165, 1.54) is 25.7 Å². The quantitative estimate of drug-likeness (QED) is 0.816. The Balaban J connectivity index is 1.65. The van der Waals surface area contributed by atoms with Crippen LogP contribution in [0.25, 0.3) is 0 Å². The molecule has 1 spiro atoms. The smallest absolute Gasteiger partial charge is 0.0729 e. The van der Waals surface area contributed by atoms with E-state index in [2.05, 4.69) is 12.4 Å². The predicted octanol–water partition coefficient (Wildman–Crippen LogP) is 1.96. The Labute approximate surface area is 104 Å². The molecule has 0 aromatic heterocycles. The topological polar surface area (TPSA) is 30.5 Å². The largest absolute Gasteiger partial charge is 0.381 e. The fraction of sp³-hybridized carbons (Fsp3) is 1.00. The minimum Gasteiger partial charge on any atom is -0.381 e. The van der Waals surface area contributed by atoms with Gasteiger partial charge in [0, 0.05) is 25.9 Å². The Morgan fingerprint density at radius 2 is 1.82 bits per heavy atom. The summed E-state index contributed by atoms with van der Waals surface area (Å²) < 4.78 is 11.6. The fourth-order valence-electron chi connectivity index (χ4n) is 3.78. The first-order valence-electron chi connectivity index (χ1n) is 7.22. The van der Waals surface area contributed by atoms with Crippen molar-refractivity contribution in [3.8, 4) is 0 Å². The van der Waals surface area contributed by atoms with Gasteiger partial charge in [-0.15, -0.1) is 0 Å². The summed E-state index contributed by atoms with van der Waals surface area (Å²) in [7, 11) is 2.13. The highest BCUT2D eigenvalue weighted by Crippen LogP contribution is 2.43. The summed E-state index contributed by atoms with van der Waals surface area (Å²) >= 11 is 0. The maximum atomic E-state index is 6.12. The van der Waals surface area contributed by atoms with Gasteiger partial charge in [-0.25, -0.2) is 0 Å². The van der Waals surface area contributed by atoms with Gasteiger partial charge in [-0.3, -0.25) is 0 Å². The van der Waals surface area contributed by atoms with Crippen LogP contribution in [0.5, 0.6) is 0 Å². The second kappa shape index (κ2) is 4.87. The van der Waals surface area contributed by atoms with E-state index in [1.807, 2.05) is 0 Å². The molecule has 0 aromatic rings. The molecule has 3 nitrogen and oxygen atoms in total. The van der Waals surface area contributed by atoms with E-state index < -0.39 is 0 Å². The summed E-state index contributed by atoms with van der Waals surface area (Å²) in [5, 5.41) is 3.57. The second-order valence-electron chi connectivity index (χ2n) is 6.05. The highest BCUT2D eigenvalue weighted by atomic mass is 16.5. The molecular weight excluding hydrogens is 214 g/mol. The summed E-state index contributed by atoms with van der Waals surface area (Å²) in [5.41, 5.74) is 0.158. The van der Waals surface area contributed by atoms with Gasteiger partial charge in [0.1, 0.15) is 0 Å². The van der Waals surface area contributed by atoms with Crippen LogP contribution in [0.3, 0.4) is 0 Å². The van der Waals surface area contributed by atoms with Crippen LogP contribution in [0.1, 0.15) is 38.5 Å². The lowest BCUT2D eigenvalue weighted by molar-refractivity contribution is -0.150. The molecule has 2 atom stereocenters. The minimum absolute atomic E-state index is 0.158. The number of hydrogen-bond donors (Lipinski definition) is 1. The Bertz CT molecular complexity index is 253. The van der Waals surface area contributed by atoms with E-state index in [1.54, 1.807) is 0 Å². The Morgan fingerprint density at radius 3 is 2.47 bits per heavy atom. The van der Waals surface area contributed by atoms with E-state index in [-0.39, 0.29) is 5.60 Å². The SMILES string of the molecule is CNC(C1CC1)C1CCOC2(CCOCC2)C1. The van der Waals surface area contributed by atoms with Crippen molar-refractivity contribution in [3.63, 3.8) is 0 Å². The second-order valence-corrected chi connectivity index (χ2v) is 6.05. The van der Waals surface area contributed by atoms with Crippen LogP contribution < -0.4 is 5.32 Å². The number of ether oxygens (including phenoxy) is 2. The van der Waals surface area contributed by atoms with E-state index >= 15 is 0 Å². The third-order valence-corrected chi connectivity index (χ3v) is 4.91. The number of rotatable bonds is 3. The first-order valence-corrected chi connectivity index (χ1v) is 7.22. The monoisotopic (exact) mass is 239 g/mol. The maximum absolute atomic E-state index is 6.12. The minimum atomic E-state index is 0.158. The summed E-state index contributed by atoms with van der Waals surface area (Å²) in [4.78, 5) is 0. The highest BCUT2D eigenvalue weighted by Gasteiger charge is 2.44. The molecule has 2 saturated heterocycles. The van der Waals surface area contributed by atoms with Crippen molar-refractivity contribution >= 4 is 0 Å². The summed E-state index contributed by atoms with van der Waals surface area (Å²) in [5.74, 6) is 1.76. The van der Waals surface area contributed by atoms with Crippen molar-refractivity contribution in [2.24, 2.45) is 11.8 Å². The van der Waals surface area contributed by atoms with Crippen LogP contribution in [0, 0.1) is 11.8 Å². The fourth-order valence-corrected chi connectivity index (χ4v) is 3.78. The van der Waals surface area contributed by atoms with Gasteiger partial charge in [0.25, 0.3) is 0 Å². The molecule has 1 aliphatic carbocycles. The molecule has 2 heterocycles. The molecule has 0 amide bonds. The highest BCUT2D eigenvalue weighted by molar-refractivity contribution is 4.97. The molecule has 3 fully saturated rings. The van der Waals surface area contributed by atoms with Crippen LogP contribution in [0.2, 0.25) is 0 Å². The molecule has 0 radical (unpaired) electrons. The molecule has 3 rings (SSSR count). The van der Waals surface area contributed by atoms with E-state index in [4.69, 9.17) is 9.47 Å². The molecule has 17 heavy (non-hydrogen) atoms. The van der Waals surface area contributed by atoms with Gasteiger partial charge in [0.2, 0.25) is 0 Å². The average Bonchev–Trinajstić information content (AvgIpc) is 3.16. The summed E-state index contributed by atoms with van der Waals surface area (Å²) in [6, 6.07) is 0.735. The molecule has 0 aromatic carbocycles. The third-order valence-electron chi connectivity index (χ3n) is 4.91. The zero-order valence-corrected chi connectivity index (χ0v) is 10.9. The van der Waals surface area contributed by atoms with E-state index in [0.717, 1.165) is 50.5 Å². The van der Waals surface area contributed by atoms with Crippen molar-refractivity contribution in [1.82, 2.24) is 5.32 Å². The third kappa shape index (κ3) is 2.51. The predicted molar refractivity (Wildman–Crippen MR) is 67.0 cm³/mol. The Hall–Kier alpha value is -0.120. The maximum Gasteiger partial charge on any atom is 0.0729 e. The molecule has 2 unspecified atom stereocenters. The average molecular weight is 239 g/mol. The normalized spacial score (nSPS) is 34.8. The van der Waals surface area contributed by atoms with Gasteiger partial charge in [0.05, 0.1) is 5.60 Å². The summed E-state index contributed by atoms with van der Waals surface area (Å²) in [6.07, 6.45) is 7.55.